The third-order valence-corrected chi connectivity index (χ3v) is 16.0. The van der Waals surface area contributed by atoms with E-state index in [1.54, 1.807) is 0 Å². The third kappa shape index (κ3) is 22.1. The lowest BCUT2D eigenvalue weighted by molar-refractivity contribution is -0.146. The van der Waals surface area contributed by atoms with E-state index in [0.29, 0.717) is 37.6 Å². The highest BCUT2D eigenvalue weighted by atomic mass is 16.3. The molecule has 3 aliphatic rings. The number of hydrogen-bond acceptors (Lipinski definition) is 18. The predicted octanol–water partition coefficient (Wildman–Crippen LogP) is -1.94. The molecule has 26 nitrogen and oxygen atoms in total. The van der Waals surface area contributed by atoms with Gasteiger partial charge in [0.25, 0.3) is 0 Å². The molecule has 83 heavy (non-hydrogen) atoms. The minimum atomic E-state index is -2.32. The number of carbonyl (C=O) groups is 8. The average molecular weight is 1180 g/mol. The van der Waals surface area contributed by atoms with E-state index in [0.717, 1.165) is 86.6 Å². The van der Waals surface area contributed by atoms with Crippen LogP contribution in [0.4, 0.5) is 0 Å². The topological polar surface area (TPSA) is 423 Å². The Kier molecular flexibility index (Phi) is 29.5. The summed E-state index contributed by atoms with van der Waals surface area (Å²) in [7, 11) is 0. The van der Waals surface area contributed by atoms with Crippen LogP contribution < -0.4 is 37.6 Å². The van der Waals surface area contributed by atoms with Gasteiger partial charge in [0.2, 0.25) is 47.3 Å². The van der Waals surface area contributed by atoms with Crippen LogP contribution in [0, 0.1) is 17.8 Å². The zero-order chi connectivity index (χ0) is 61.5. The minimum absolute atomic E-state index is 0.0640. The second-order valence-electron chi connectivity index (χ2n) is 23.1. The molecule has 8 amide bonds. The molecule has 0 saturated carbocycles. The highest BCUT2D eigenvalue weighted by molar-refractivity contribution is 5.97. The molecule has 0 spiro atoms. The number of rotatable bonds is 27. The molecule has 2 bridgehead atoms. The Bertz CT molecular complexity index is 2250. The summed E-state index contributed by atoms with van der Waals surface area (Å²) in [5, 5.41) is 115. The Labute approximate surface area is 486 Å². The van der Waals surface area contributed by atoms with Gasteiger partial charge in [-0.2, -0.15) is 0 Å². The second kappa shape index (κ2) is 35.0. The van der Waals surface area contributed by atoms with Gasteiger partial charge in [-0.05, 0) is 75.1 Å². The van der Waals surface area contributed by atoms with Crippen LogP contribution in [0.3, 0.4) is 0 Å². The number of nitrogens with one attached hydrogen (secondary N) is 6. The number of nitrogens with two attached hydrogens (primary N) is 1. The monoisotopic (exact) mass is 1180 g/mol. The fourth-order valence-corrected chi connectivity index (χ4v) is 10.8. The van der Waals surface area contributed by atoms with Gasteiger partial charge in [-0.15, -0.1) is 0 Å². The molecular formula is C57H95N9O17. The number of aromatic hydroxyl groups is 1. The SMILES string of the molecule is CCC(C)CC(C)CCCCCCCCC(=O)NC1C[C@@H](O)[C@@H](O)NC(=O)C2CN(C[C@@H]2O)C(=O)[C@H]([C@H](O)CCNC(=O)CCCCCCN)NC(=O)[C@H]([C@H](O)[C@@H](O)c2ccc(O)cc2)NC(=O)C2C[C@@H](O)CN2C(=O)[C@H]([C@@H](C)O)NC1=O. The van der Waals surface area contributed by atoms with Crippen LogP contribution in [0.1, 0.15) is 155 Å². The van der Waals surface area contributed by atoms with E-state index in [2.05, 4.69) is 52.7 Å². The molecule has 1 aromatic rings. The van der Waals surface area contributed by atoms with Gasteiger partial charge < -0.3 is 93.4 Å². The number of phenols is 1. The number of benzene rings is 1. The minimum Gasteiger partial charge on any atom is -0.508 e. The summed E-state index contributed by atoms with van der Waals surface area (Å²) < 4.78 is 0. The Morgan fingerprint density at radius 3 is 1.89 bits per heavy atom. The van der Waals surface area contributed by atoms with Crippen molar-refractivity contribution in [1.29, 1.82) is 0 Å². The van der Waals surface area contributed by atoms with Crippen LogP contribution in [-0.2, 0) is 38.4 Å². The lowest BCUT2D eigenvalue weighted by Gasteiger charge is -2.34. The van der Waals surface area contributed by atoms with E-state index in [4.69, 9.17) is 5.73 Å². The molecule has 5 unspecified atom stereocenters. The van der Waals surface area contributed by atoms with Gasteiger partial charge in [0.05, 0.1) is 30.3 Å². The fraction of sp³-hybridized carbons (Fsp3) is 0.754. The van der Waals surface area contributed by atoms with E-state index in [1.165, 1.54) is 18.6 Å². The summed E-state index contributed by atoms with van der Waals surface area (Å²) in [6.45, 7) is 6.32. The van der Waals surface area contributed by atoms with E-state index < -0.39 is 165 Å². The van der Waals surface area contributed by atoms with Crippen molar-refractivity contribution in [3.05, 3.63) is 29.8 Å². The van der Waals surface area contributed by atoms with Gasteiger partial charge in [-0.3, -0.25) is 38.4 Å². The number of fused-ring (bicyclic) bond motifs is 3. The predicted molar refractivity (Wildman–Crippen MR) is 301 cm³/mol. The van der Waals surface area contributed by atoms with Crippen molar-refractivity contribution in [2.45, 2.75) is 222 Å². The van der Waals surface area contributed by atoms with Crippen molar-refractivity contribution < 1.29 is 84.3 Å². The Hall–Kier alpha value is -5.58. The lowest BCUT2D eigenvalue weighted by Crippen LogP contribution is -2.64. The third-order valence-electron chi connectivity index (χ3n) is 16.0. The molecule has 16 atom stereocenters. The molecule has 470 valence electrons. The van der Waals surface area contributed by atoms with Crippen LogP contribution in [0.25, 0.3) is 0 Å². The maximum atomic E-state index is 14.6. The van der Waals surface area contributed by atoms with Gasteiger partial charge in [0.1, 0.15) is 54.3 Å². The van der Waals surface area contributed by atoms with Crippen LogP contribution in [0.5, 0.6) is 5.75 Å². The molecule has 17 N–H and O–H groups in total. The van der Waals surface area contributed by atoms with Gasteiger partial charge in [-0.25, -0.2) is 0 Å². The van der Waals surface area contributed by atoms with Crippen LogP contribution in [0.2, 0.25) is 0 Å². The number of aliphatic hydroxyl groups is 8. The van der Waals surface area contributed by atoms with Crippen LogP contribution in [-0.4, -0.2) is 209 Å². The van der Waals surface area contributed by atoms with Crippen LogP contribution >= 0.6 is 0 Å². The molecular weight excluding hydrogens is 1080 g/mol. The largest absolute Gasteiger partial charge is 0.508 e. The summed E-state index contributed by atoms with van der Waals surface area (Å²) in [5.74, 6) is -8.65. The summed E-state index contributed by atoms with van der Waals surface area (Å²) >= 11 is 0. The van der Waals surface area contributed by atoms with E-state index in [-0.39, 0.29) is 36.6 Å². The molecule has 0 aromatic heterocycles. The van der Waals surface area contributed by atoms with Crippen molar-refractivity contribution >= 4 is 47.3 Å². The Balaban J connectivity index is 1.67. The fourth-order valence-electron chi connectivity index (χ4n) is 10.8. The van der Waals surface area contributed by atoms with Gasteiger partial charge in [0.15, 0.2) is 6.23 Å². The molecule has 0 radical (unpaired) electrons. The molecule has 1 aromatic carbocycles. The number of nitrogens with zero attached hydrogens (tertiary/aromatic N) is 2. The average Bonchev–Trinajstić information content (AvgIpc) is 4.29. The van der Waals surface area contributed by atoms with Crippen molar-refractivity contribution in [2.75, 3.05) is 32.7 Å². The zero-order valence-corrected chi connectivity index (χ0v) is 48.6. The highest BCUT2D eigenvalue weighted by Crippen LogP contribution is 2.27. The molecule has 0 aliphatic carbocycles. The maximum absolute atomic E-state index is 14.6. The molecule has 4 rings (SSSR count). The Morgan fingerprint density at radius 1 is 0.651 bits per heavy atom. The van der Waals surface area contributed by atoms with E-state index in [9.17, 15) is 84.3 Å². The number of carbonyl (C=O) groups excluding carboxylic acids is 8. The van der Waals surface area contributed by atoms with Crippen molar-refractivity contribution in [3.8, 4) is 5.75 Å². The van der Waals surface area contributed by atoms with Crippen molar-refractivity contribution in [1.82, 2.24) is 41.7 Å². The van der Waals surface area contributed by atoms with Crippen LogP contribution in [0.15, 0.2) is 24.3 Å². The van der Waals surface area contributed by atoms with Gasteiger partial charge >= 0.3 is 0 Å². The first-order chi connectivity index (χ1) is 39.4. The highest BCUT2D eigenvalue weighted by Gasteiger charge is 2.48. The van der Waals surface area contributed by atoms with E-state index in [1.807, 2.05) is 0 Å². The summed E-state index contributed by atoms with van der Waals surface area (Å²) in [5.41, 5.74) is 5.47. The smallest absolute Gasteiger partial charge is 0.248 e. The van der Waals surface area contributed by atoms with Gasteiger partial charge in [0, 0.05) is 51.9 Å². The standard InChI is InChI=1S/C57H95N9O17/c1-5-32(2)26-33(3)16-12-8-6-7-9-14-18-45(74)60-39-28-42(71)54(80)64-51(77)38-30-65(31-43(38)72)56(82)47(41(70)23-25-59-44(73)17-13-10-11-15-24-58)62-55(81)48(50(76)49(75)35-19-21-36(68)22-20-35)63-53(79)40-27-37(69)29-66(40)57(83)46(34(4)67)61-52(39)78/h19-22,32-34,37-43,46-50,54,67-72,75-76,80H,5-18,23-31,58H2,1-4H3,(H,59,73)(H,60,74)(H,61,78)(H,62,81)(H,63,79)(H,64,77)/t32?,33?,34-,37-,38?,39?,40?,41-,42-,43+,46+,47+,48+,49+,50+,54-/m1/s1. The van der Waals surface area contributed by atoms with Crippen molar-refractivity contribution in [2.24, 2.45) is 23.5 Å². The van der Waals surface area contributed by atoms with Crippen molar-refractivity contribution in [3.63, 3.8) is 0 Å². The quantitative estimate of drug-likeness (QED) is 0.0426. The number of hydrogen-bond donors (Lipinski definition) is 16. The molecule has 26 heteroatoms. The number of aliphatic hydroxyl groups excluding tert-OH is 8. The van der Waals surface area contributed by atoms with Gasteiger partial charge in [-0.1, -0.05) is 90.7 Å². The molecule has 3 fully saturated rings. The first-order valence-electron chi connectivity index (χ1n) is 29.7. The second-order valence-corrected chi connectivity index (χ2v) is 23.1. The molecule has 3 aliphatic heterocycles. The summed E-state index contributed by atoms with van der Waals surface area (Å²) in [4.78, 5) is 114. The molecule has 3 heterocycles. The number of amides is 8. The number of unbranched alkanes of at least 4 members (excludes halogenated alkanes) is 8. The normalized spacial score (nSPS) is 27.3. The first-order valence-corrected chi connectivity index (χ1v) is 29.7. The summed E-state index contributed by atoms with van der Waals surface area (Å²) in [6, 6.07) is -4.97. The lowest BCUT2D eigenvalue weighted by atomic mass is 9.91. The zero-order valence-electron chi connectivity index (χ0n) is 48.6. The number of phenolic OH excluding ortho intramolecular Hbond substituents is 1. The summed E-state index contributed by atoms with van der Waals surface area (Å²) in [6.07, 6.45) is -5.49. The molecule has 3 saturated heterocycles. The maximum Gasteiger partial charge on any atom is 0.248 e. The van der Waals surface area contributed by atoms with E-state index >= 15 is 0 Å². The Morgan fingerprint density at radius 2 is 1.25 bits per heavy atom. The first kappa shape index (κ1) is 69.9.